The van der Waals surface area contributed by atoms with Gasteiger partial charge in [0, 0.05) is 18.3 Å². The van der Waals surface area contributed by atoms with Gasteiger partial charge in [-0.1, -0.05) is 6.92 Å². The number of anilines is 1. The Morgan fingerprint density at radius 1 is 1.47 bits per heavy atom. The molecule has 0 saturated carbocycles. The Morgan fingerprint density at radius 3 is 2.89 bits per heavy atom. The number of nitrogens with zero attached hydrogens (tertiary/aromatic N) is 2. The molecule has 0 amide bonds. The first kappa shape index (κ1) is 12.9. The number of aromatic carboxylic acids is 1. The largest absolute Gasteiger partial charge is 0.478 e. The predicted octanol–water partition coefficient (Wildman–Crippen LogP) is 2.37. The first-order chi connectivity index (χ1) is 9.10. The maximum Gasteiger partial charge on any atom is 0.337 e. The van der Waals surface area contributed by atoms with Crippen LogP contribution < -0.4 is 10.5 Å². The van der Waals surface area contributed by atoms with E-state index in [0.29, 0.717) is 11.5 Å². The number of carboxylic acid groups (broad SMARTS) is 1. The Balaban J connectivity index is 2.14. The van der Waals surface area contributed by atoms with Crippen LogP contribution in [0.4, 0.5) is 5.69 Å². The fourth-order valence-corrected chi connectivity index (χ4v) is 1.68. The standard InChI is InChI=1S/C13H15N3O3/c1-2-5-16-8-10(7-15-16)19-9-3-4-11(13(17)18)12(14)6-9/h3-4,6-8H,2,5,14H2,1H3,(H,17,18). The number of aromatic nitrogens is 2. The maximum atomic E-state index is 10.8. The molecule has 2 aromatic rings. The number of benzene rings is 1. The number of ether oxygens (including phenoxy) is 1. The van der Waals surface area contributed by atoms with Crippen molar-refractivity contribution in [3.8, 4) is 11.5 Å². The molecule has 1 aromatic carbocycles. The van der Waals surface area contributed by atoms with E-state index in [9.17, 15) is 4.79 Å². The van der Waals surface area contributed by atoms with Crippen LogP contribution in [0, 0.1) is 0 Å². The Bertz CT molecular complexity index is 593. The summed E-state index contributed by atoms with van der Waals surface area (Å²) in [7, 11) is 0. The van der Waals surface area contributed by atoms with Crippen molar-refractivity contribution in [2.24, 2.45) is 0 Å². The summed E-state index contributed by atoms with van der Waals surface area (Å²) in [6, 6.07) is 4.47. The van der Waals surface area contributed by atoms with Crippen LogP contribution in [0.25, 0.3) is 0 Å². The molecular weight excluding hydrogens is 246 g/mol. The van der Waals surface area contributed by atoms with Gasteiger partial charge in [-0.3, -0.25) is 4.68 Å². The third-order valence-electron chi connectivity index (χ3n) is 2.55. The molecule has 0 spiro atoms. The molecule has 0 radical (unpaired) electrons. The van der Waals surface area contributed by atoms with E-state index in [1.165, 1.54) is 12.1 Å². The second kappa shape index (κ2) is 5.43. The molecule has 3 N–H and O–H groups in total. The molecule has 0 atom stereocenters. The van der Waals surface area contributed by atoms with E-state index in [1.807, 2.05) is 0 Å². The van der Waals surface area contributed by atoms with E-state index in [2.05, 4.69) is 12.0 Å². The first-order valence-electron chi connectivity index (χ1n) is 5.93. The average Bonchev–Trinajstić information content (AvgIpc) is 2.76. The molecule has 6 heteroatoms. The van der Waals surface area contributed by atoms with Crippen LogP contribution in [0.1, 0.15) is 23.7 Å². The van der Waals surface area contributed by atoms with E-state index < -0.39 is 5.97 Å². The van der Waals surface area contributed by atoms with Crippen molar-refractivity contribution in [2.45, 2.75) is 19.9 Å². The number of nitrogen functional groups attached to an aromatic ring is 1. The minimum Gasteiger partial charge on any atom is -0.478 e. The van der Waals surface area contributed by atoms with Crippen molar-refractivity contribution in [1.82, 2.24) is 9.78 Å². The quantitative estimate of drug-likeness (QED) is 0.806. The number of carbonyl (C=O) groups is 1. The zero-order valence-electron chi connectivity index (χ0n) is 10.5. The predicted molar refractivity (Wildman–Crippen MR) is 70.4 cm³/mol. The molecule has 19 heavy (non-hydrogen) atoms. The Morgan fingerprint density at radius 2 is 2.26 bits per heavy atom. The lowest BCUT2D eigenvalue weighted by atomic mass is 10.2. The van der Waals surface area contributed by atoms with Crippen LogP contribution in [0.3, 0.4) is 0 Å². The van der Waals surface area contributed by atoms with E-state index in [1.54, 1.807) is 23.1 Å². The van der Waals surface area contributed by atoms with Crippen LogP contribution in [-0.2, 0) is 6.54 Å². The SMILES string of the molecule is CCCn1cc(Oc2ccc(C(=O)O)c(N)c2)cn1. The second-order valence-corrected chi connectivity index (χ2v) is 4.10. The highest BCUT2D eigenvalue weighted by Crippen LogP contribution is 2.25. The lowest BCUT2D eigenvalue weighted by molar-refractivity contribution is 0.0698. The molecule has 0 aliphatic carbocycles. The highest BCUT2D eigenvalue weighted by atomic mass is 16.5. The van der Waals surface area contributed by atoms with Gasteiger partial charge >= 0.3 is 5.97 Å². The summed E-state index contributed by atoms with van der Waals surface area (Å²) in [5.74, 6) is 0.0225. The Labute approximate surface area is 110 Å². The van der Waals surface area contributed by atoms with Gasteiger partial charge in [0.2, 0.25) is 0 Å². The number of rotatable bonds is 5. The van der Waals surface area contributed by atoms with Gasteiger partial charge in [0.1, 0.15) is 5.75 Å². The van der Waals surface area contributed by atoms with E-state index in [0.717, 1.165) is 13.0 Å². The van der Waals surface area contributed by atoms with Crippen LogP contribution in [-0.4, -0.2) is 20.9 Å². The maximum absolute atomic E-state index is 10.8. The number of nitrogens with two attached hydrogens (primary N) is 1. The summed E-state index contributed by atoms with van der Waals surface area (Å²) in [6.45, 7) is 2.89. The van der Waals surface area contributed by atoms with Gasteiger partial charge in [-0.25, -0.2) is 4.79 Å². The number of aryl methyl sites for hydroxylation is 1. The van der Waals surface area contributed by atoms with Crippen molar-refractivity contribution in [1.29, 1.82) is 0 Å². The summed E-state index contributed by atoms with van der Waals surface area (Å²) < 4.78 is 7.35. The molecule has 0 saturated heterocycles. The smallest absolute Gasteiger partial charge is 0.337 e. The molecular formula is C13H15N3O3. The number of hydrogen-bond acceptors (Lipinski definition) is 4. The van der Waals surface area contributed by atoms with Crippen molar-refractivity contribution < 1.29 is 14.6 Å². The van der Waals surface area contributed by atoms with Crippen LogP contribution in [0.15, 0.2) is 30.6 Å². The molecule has 2 rings (SSSR count). The average molecular weight is 261 g/mol. The second-order valence-electron chi connectivity index (χ2n) is 4.10. The van der Waals surface area contributed by atoms with Crippen LogP contribution in [0.2, 0.25) is 0 Å². The van der Waals surface area contributed by atoms with Gasteiger partial charge < -0.3 is 15.6 Å². The third-order valence-corrected chi connectivity index (χ3v) is 2.55. The lowest BCUT2D eigenvalue weighted by Crippen LogP contribution is -2.02. The topological polar surface area (TPSA) is 90.4 Å². The molecule has 0 aliphatic heterocycles. The van der Waals surface area contributed by atoms with Crippen LogP contribution >= 0.6 is 0 Å². The van der Waals surface area contributed by atoms with Gasteiger partial charge in [0.25, 0.3) is 0 Å². The molecule has 1 heterocycles. The summed E-state index contributed by atoms with van der Waals surface area (Å²) in [4.78, 5) is 10.8. The molecule has 0 unspecified atom stereocenters. The van der Waals surface area contributed by atoms with Gasteiger partial charge in [-0.15, -0.1) is 0 Å². The summed E-state index contributed by atoms with van der Waals surface area (Å²) >= 11 is 0. The fraction of sp³-hybridized carbons (Fsp3) is 0.231. The Hall–Kier alpha value is -2.50. The third kappa shape index (κ3) is 3.04. The molecule has 0 aliphatic rings. The highest BCUT2D eigenvalue weighted by Gasteiger charge is 2.09. The van der Waals surface area contributed by atoms with Gasteiger partial charge in [-0.2, -0.15) is 5.10 Å². The molecule has 6 nitrogen and oxygen atoms in total. The minimum atomic E-state index is -1.06. The van der Waals surface area contributed by atoms with E-state index in [-0.39, 0.29) is 11.3 Å². The summed E-state index contributed by atoms with van der Waals surface area (Å²) in [5.41, 5.74) is 5.88. The fourth-order valence-electron chi connectivity index (χ4n) is 1.68. The van der Waals surface area contributed by atoms with Crippen LogP contribution in [0.5, 0.6) is 11.5 Å². The lowest BCUT2D eigenvalue weighted by Gasteiger charge is -2.05. The van der Waals surface area contributed by atoms with Gasteiger partial charge in [-0.05, 0) is 18.6 Å². The van der Waals surface area contributed by atoms with Gasteiger partial charge in [0.15, 0.2) is 5.75 Å². The molecule has 100 valence electrons. The number of hydrogen-bond donors (Lipinski definition) is 2. The first-order valence-corrected chi connectivity index (χ1v) is 5.93. The monoisotopic (exact) mass is 261 g/mol. The Kier molecular flexibility index (Phi) is 3.70. The minimum absolute atomic E-state index is 0.0639. The number of carboxylic acids is 1. The highest BCUT2D eigenvalue weighted by molar-refractivity contribution is 5.93. The van der Waals surface area contributed by atoms with Gasteiger partial charge in [0.05, 0.1) is 18.0 Å². The zero-order chi connectivity index (χ0) is 13.8. The molecule has 1 aromatic heterocycles. The van der Waals surface area contributed by atoms with E-state index >= 15 is 0 Å². The van der Waals surface area contributed by atoms with Crippen molar-refractivity contribution >= 4 is 11.7 Å². The molecule has 0 bridgehead atoms. The van der Waals surface area contributed by atoms with Crippen molar-refractivity contribution in [3.05, 3.63) is 36.2 Å². The zero-order valence-corrected chi connectivity index (χ0v) is 10.5. The summed E-state index contributed by atoms with van der Waals surface area (Å²) in [6.07, 6.45) is 4.38. The van der Waals surface area contributed by atoms with E-state index in [4.69, 9.17) is 15.6 Å². The normalized spacial score (nSPS) is 10.4. The van der Waals surface area contributed by atoms with Crippen molar-refractivity contribution in [3.63, 3.8) is 0 Å². The van der Waals surface area contributed by atoms with Crippen molar-refractivity contribution in [2.75, 3.05) is 5.73 Å². The molecule has 0 fully saturated rings. The summed E-state index contributed by atoms with van der Waals surface area (Å²) in [5, 5.41) is 13.0.